The summed E-state index contributed by atoms with van der Waals surface area (Å²) in [6.45, 7) is 0.0164. The lowest BCUT2D eigenvalue weighted by Crippen LogP contribution is -2.43. The van der Waals surface area contributed by atoms with Crippen LogP contribution in [0.3, 0.4) is 0 Å². The lowest BCUT2D eigenvalue weighted by molar-refractivity contribution is -0.153. The predicted molar refractivity (Wildman–Crippen MR) is 70.0 cm³/mol. The fraction of sp³-hybridized carbons (Fsp3) is 0.429. The number of aliphatic hydroxyl groups excluding tert-OH is 1. The van der Waals surface area contributed by atoms with Gasteiger partial charge in [0, 0.05) is 20.1 Å². The van der Waals surface area contributed by atoms with Crippen molar-refractivity contribution in [3.8, 4) is 0 Å². The van der Waals surface area contributed by atoms with Crippen LogP contribution in [-0.2, 0) is 14.3 Å². The van der Waals surface area contributed by atoms with Crippen molar-refractivity contribution in [2.24, 2.45) is 0 Å². The molecule has 0 aliphatic carbocycles. The molecule has 1 aromatic carbocycles. The zero-order chi connectivity index (χ0) is 14.7. The molecule has 0 saturated carbocycles. The van der Waals surface area contributed by atoms with Crippen molar-refractivity contribution >= 4 is 11.9 Å². The highest BCUT2D eigenvalue weighted by Gasteiger charge is 2.41. The van der Waals surface area contributed by atoms with Crippen molar-refractivity contribution in [1.82, 2.24) is 4.90 Å². The van der Waals surface area contributed by atoms with Crippen LogP contribution in [0.4, 0.5) is 0 Å². The number of nitrogens with zero attached hydrogens (tertiary/aromatic N) is 1. The molecule has 2 rings (SSSR count). The number of hydrogen-bond acceptors (Lipinski definition) is 4. The van der Waals surface area contributed by atoms with Crippen LogP contribution in [0.25, 0.3) is 0 Å². The molecule has 0 radical (unpaired) electrons. The molecule has 6 nitrogen and oxygen atoms in total. The fourth-order valence-electron chi connectivity index (χ4n) is 2.45. The second-order valence-corrected chi connectivity index (χ2v) is 4.76. The summed E-state index contributed by atoms with van der Waals surface area (Å²) in [7, 11) is 1.40. The monoisotopic (exact) mass is 279 g/mol. The molecule has 1 fully saturated rings. The normalized spacial score (nSPS) is 23.6. The first-order chi connectivity index (χ1) is 9.54. The third kappa shape index (κ3) is 2.81. The molecule has 1 amide bonds. The van der Waals surface area contributed by atoms with Gasteiger partial charge < -0.3 is 19.8 Å². The van der Waals surface area contributed by atoms with E-state index in [0.717, 1.165) is 0 Å². The molecule has 0 spiro atoms. The Hall–Kier alpha value is -1.92. The standard InChI is InChI=1S/C14H17NO5/c1-20-12(9-5-3-2-4-6-9)13(17)15-8-10(16)7-11(15)14(18)19/h2-6,10-12,16H,7-8H2,1H3,(H,18,19)/t10-,11-,12?/m0/s1. The van der Waals surface area contributed by atoms with Gasteiger partial charge in [0.2, 0.25) is 0 Å². The summed E-state index contributed by atoms with van der Waals surface area (Å²) in [6, 6.07) is 7.87. The van der Waals surface area contributed by atoms with Crippen LogP contribution < -0.4 is 0 Å². The van der Waals surface area contributed by atoms with Crippen molar-refractivity contribution in [2.45, 2.75) is 24.7 Å². The second kappa shape index (κ2) is 6.02. The number of carbonyl (C=O) groups excluding carboxylic acids is 1. The Morgan fingerprint density at radius 3 is 2.55 bits per heavy atom. The molecule has 1 aliphatic rings. The zero-order valence-electron chi connectivity index (χ0n) is 11.1. The Kier molecular flexibility index (Phi) is 4.36. The van der Waals surface area contributed by atoms with E-state index >= 15 is 0 Å². The van der Waals surface area contributed by atoms with Crippen LogP contribution in [0.2, 0.25) is 0 Å². The van der Waals surface area contributed by atoms with Gasteiger partial charge in [-0.2, -0.15) is 0 Å². The van der Waals surface area contributed by atoms with Crippen molar-refractivity contribution in [3.63, 3.8) is 0 Å². The minimum Gasteiger partial charge on any atom is -0.480 e. The third-order valence-electron chi connectivity index (χ3n) is 3.41. The molecule has 1 saturated heterocycles. The van der Waals surface area contributed by atoms with Crippen LogP contribution in [0.1, 0.15) is 18.1 Å². The molecule has 1 aromatic rings. The Balaban J connectivity index is 2.22. The molecule has 6 heteroatoms. The van der Waals surface area contributed by atoms with Gasteiger partial charge in [-0.05, 0) is 5.56 Å². The first-order valence-electron chi connectivity index (χ1n) is 6.33. The molecule has 20 heavy (non-hydrogen) atoms. The van der Waals surface area contributed by atoms with Gasteiger partial charge in [-0.1, -0.05) is 30.3 Å². The van der Waals surface area contributed by atoms with Crippen LogP contribution >= 0.6 is 0 Å². The molecular weight excluding hydrogens is 262 g/mol. The van der Waals surface area contributed by atoms with Gasteiger partial charge in [0.1, 0.15) is 6.04 Å². The number of amides is 1. The number of carboxylic acid groups (broad SMARTS) is 1. The number of aliphatic carboxylic acids is 1. The molecule has 1 heterocycles. The lowest BCUT2D eigenvalue weighted by Gasteiger charge is -2.26. The fourth-order valence-corrected chi connectivity index (χ4v) is 2.45. The minimum absolute atomic E-state index is 0.0164. The van der Waals surface area contributed by atoms with E-state index in [-0.39, 0.29) is 13.0 Å². The average Bonchev–Trinajstić information content (AvgIpc) is 2.83. The van der Waals surface area contributed by atoms with Crippen LogP contribution in [0.5, 0.6) is 0 Å². The van der Waals surface area contributed by atoms with E-state index in [1.54, 1.807) is 24.3 Å². The second-order valence-electron chi connectivity index (χ2n) is 4.76. The quantitative estimate of drug-likeness (QED) is 0.834. The number of ether oxygens (including phenoxy) is 1. The molecular formula is C14H17NO5. The van der Waals surface area contributed by atoms with E-state index in [9.17, 15) is 14.7 Å². The highest BCUT2D eigenvalue weighted by atomic mass is 16.5. The number of benzene rings is 1. The van der Waals surface area contributed by atoms with Crippen molar-refractivity contribution < 1.29 is 24.5 Å². The summed E-state index contributed by atoms with van der Waals surface area (Å²) in [5, 5.41) is 18.7. The van der Waals surface area contributed by atoms with E-state index in [4.69, 9.17) is 9.84 Å². The summed E-state index contributed by atoms with van der Waals surface area (Å²) in [5.74, 6) is -1.56. The highest BCUT2D eigenvalue weighted by Crippen LogP contribution is 2.25. The minimum atomic E-state index is -1.11. The molecule has 108 valence electrons. The summed E-state index contributed by atoms with van der Waals surface area (Å²) < 4.78 is 5.21. The number of likely N-dealkylation sites (tertiary alicyclic amines) is 1. The van der Waals surface area contributed by atoms with E-state index in [1.165, 1.54) is 12.0 Å². The van der Waals surface area contributed by atoms with Gasteiger partial charge >= 0.3 is 5.97 Å². The first-order valence-corrected chi connectivity index (χ1v) is 6.33. The van der Waals surface area contributed by atoms with Gasteiger partial charge in [-0.3, -0.25) is 4.79 Å². The van der Waals surface area contributed by atoms with Crippen LogP contribution in [-0.4, -0.2) is 52.8 Å². The molecule has 1 aliphatic heterocycles. The largest absolute Gasteiger partial charge is 0.480 e. The summed E-state index contributed by atoms with van der Waals surface area (Å²) in [4.78, 5) is 24.8. The maximum Gasteiger partial charge on any atom is 0.326 e. The SMILES string of the molecule is COC(C(=O)N1C[C@@H](O)C[C@H]1C(=O)O)c1ccccc1. The first kappa shape index (κ1) is 14.5. The van der Waals surface area contributed by atoms with E-state index in [1.807, 2.05) is 6.07 Å². The zero-order valence-corrected chi connectivity index (χ0v) is 11.1. The Morgan fingerprint density at radius 2 is 2.00 bits per heavy atom. The Bertz CT molecular complexity index is 490. The molecule has 0 aromatic heterocycles. The van der Waals surface area contributed by atoms with Crippen LogP contribution in [0, 0.1) is 0 Å². The van der Waals surface area contributed by atoms with E-state index < -0.39 is 30.1 Å². The van der Waals surface area contributed by atoms with Gasteiger partial charge in [0.15, 0.2) is 6.10 Å². The number of rotatable bonds is 4. The molecule has 0 bridgehead atoms. The summed E-state index contributed by atoms with van der Waals surface area (Å²) in [6.07, 6.45) is -1.62. The van der Waals surface area contributed by atoms with Gasteiger partial charge in [-0.25, -0.2) is 4.79 Å². The number of carboxylic acids is 1. The highest BCUT2D eigenvalue weighted by molar-refractivity contribution is 5.88. The van der Waals surface area contributed by atoms with Gasteiger partial charge in [0.05, 0.1) is 6.10 Å². The van der Waals surface area contributed by atoms with Crippen molar-refractivity contribution in [3.05, 3.63) is 35.9 Å². The molecule has 2 N–H and O–H groups in total. The van der Waals surface area contributed by atoms with E-state index in [2.05, 4.69) is 0 Å². The smallest absolute Gasteiger partial charge is 0.326 e. The van der Waals surface area contributed by atoms with E-state index in [0.29, 0.717) is 5.56 Å². The number of β-amino-alcohol motifs (C(OH)–C–C–N with tert-alkyl or cyclic N) is 1. The number of methoxy groups -OCH3 is 1. The van der Waals surface area contributed by atoms with Crippen LogP contribution in [0.15, 0.2) is 30.3 Å². The third-order valence-corrected chi connectivity index (χ3v) is 3.41. The molecule has 3 atom stereocenters. The Morgan fingerprint density at radius 1 is 1.35 bits per heavy atom. The van der Waals surface area contributed by atoms with Gasteiger partial charge in [-0.15, -0.1) is 0 Å². The summed E-state index contributed by atoms with van der Waals surface area (Å²) >= 11 is 0. The molecule has 1 unspecified atom stereocenters. The maximum absolute atomic E-state index is 12.5. The van der Waals surface area contributed by atoms with Crippen molar-refractivity contribution in [2.75, 3.05) is 13.7 Å². The number of hydrogen-bond donors (Lipinski definition) is 2. The van der Waals surface area contributed by atoms with Crippen molar-refractivity contribution in [1.29, 1.82) is 0 Å². The average molecular weight is 279 g/mol. The Labute approximate surface area is 116 Å². The predicted octanol–water partition coefficient (Wildman–Crippen LogP) is 0.420. The topological polar surface area (TPSA) is 87.1 Å². The number of carbonyl (C=O) groups is 2. The van der Waals surface area contributed by atoms with Gasteiger partial charge in [0.25, 0.3) is 5.91 Å². The number of aliphatic hydroxyl groups is 1. The maximum atomic E-state index is 12.5. The lowest BCUT2D eigenvalue weighted by atomic mass is 10.1. The summed E-state index contributed by atoms with van der Waals surface area (Å²) in [5.41, 5.74) is 0.658.